The van der Waals surface area contributed by atoms with Crippen LogP contribution in [0.3, 0.4) is 0 Å². The molecule has 1 rings (SSSR count). The number of hydrogen-bond acceptors (Lipinski definition) is 3. The fourth-order valence-corrected chi connectivity index (χ4v) is 2.12. The molecule has 1 saturated heterocycles. The highest BCUT2D eigenvalue weighted by molar-refractivity contribution is 5.77. The number of nitrogens with zero attached hydrogens (tertiary/aromatic N) is 1. The molecule has 1 unspecified atom stereocenters. The van der Waals surface area contributed by atoms with E-state index in [2.05, 4.69) is 22.5 Å². The second kappa shape index (κ2) is 7.63. The summed E-state index contributed by atoms with van der Waals surface area (Å²) in [6.45, 7) is 8.71. The Kier molecular flexibility index (Phi) is 6.42. The molecule has 0 bridgehead atoms. The zero-order valence-electron chi connectivity index (χ0n) is 10.6. The van der Waals surface area contributed by atoms with E-state index in [4.69, 9.17) is 0 Å². The lowest BCUT2D eigenvalue weighted by atomic mass is 10.1. The third-order valence-electron chi connectivity index (χ3n) is 2.97. The summed E-state index contributed by atoms with van der Waals surface area (Å²) < 4.78 is 0. The van der Waals surface area contributed by atoms with Crippen LogP contribution in [0, 0.1) is 0 Å². The zero-order chi connectivity index (χ0) is 11.8. The summed E-state index contributed by atoms with van der Waals surface area (Å²) in [4.78, 5) is 13.7. The molecule has 1 atom stereocenters. The van der Waals surface area contributed by atoms with E-state index in [1.165, 1.54) is 32.4 Å². The summed E-state index contributed by atoms with van der Waals surface area (Å²) in [5.41, 5.74) is 0. The topological polar surface area (TPSA) is 44.4 Å². The van der Waals surface area contributed by atoms with Crippen molar-refractivity contribution in [1.82, 2.24) is 15.5 Å². The molecular formula is C12H25N3O. The minimum atomic E-state index is 0.0907. The van der Waals surface area contributed by atoms with Crippen LogP contribution in [0.4, 0.5) is 0 Å². The minimum absolute atomic E-state index is 0.0907. The number of nitrogens with one attached hydrogen (secondary N) is 2. The van der Waals surface area contributed by atoms with Crippen LogP contribution >= 0.6 is 0 Å². The maximum Gasteiger partial charge on any atom is 0.233 e. The molecule has 0 aliphatic carbocycles. The maximum atomic E-state index is 11.3. The van der Waals surface area contributed by atoms with Crippen molar-refractivity contribution in [3.8, 4) is 0 Å². The van der Waals surface area contributed by atoms with Crippen molar-refractivity contribution in [3.63, 3.8) is 0 Å². The van der Waals surface area contributed by atoms with E-state index in [1.54, 1.807) is 0 Å². The first-order chi connectivity index (χ1) is 7.72. The fourth-order valence-electron chi connectivity index (χ4n) is 2.12. The van der Waals surface area contributed by atoms with Crippen molar-refractivity contribution in [2.24, 2.45) is 0 Å². The normalized spacial score (nSPS) is 19.4. The van der Waals surface area contributed by atoms with Crippen LogP contribution in [0.25, 0.3) is 0 Å². The summed E-state index contributed by atoms with van der Waals surface area (Å²) in [5, 5.41) is 6.05. The predicted octanol–water partition coefficient (Wildman–Crippen LogP) is 0.587. The molecule has 1 heterocycles. The van der Waals surface area contributed by atoms with Gasteiger partial charge in [-0.1, -0.05) is 6.42 Å². The molecule has 16 heavy (non-hydrogen) atoms. The standard InChI is InChI=1S/C12H25N3O/c1-3-13-12(16)9-14-11(2)10-15-7-5-4-6-8-15/h11,14H,3-10H2,1-2H3,(H,13,16). The third-order valence-corrected chi connectivity index (χ3v) is 2.97. The molecule has 1 fully saturated rings. The lowest BCUT2D eigenvalue weighted by Crippen LogP contribution is -2.44. The number of carbonyl (C=O) groups excluding carboxylic acids is 1. The molecule has 1 aliphatic rings. The number of rotatable bonds is 6. The number of likely N-dealkylation sites (N-methyl/N-ethyl adjacent to an activating group) is 1. The largest absolute Gasteiger partial charge is 0.355 e. The molecule has 0 spiro atoms. The minimum Gasteiger partial charge on any atom is -0.355 e. The van der Waals surface area contributed by atoms with Crippen molar-refractivity contribution in [2.45, 2.75) is 39.2 Å². The molecule has 0 saturated carbocycles. The Balaban J connectivity index is 2.09. The van der Waals surface area contributed by atoms with Crippen molar-refractivity contribution in [2.75, 3.05) is 32.7 Å². The Bertz CT molecular complexity index is 202. The van der Waals surface area contributed by atoms with Crippen molar-refractivity contribution < 1.29 is 4.79 Å². The zero-order valence-corrected chi connectivity index (χ0v) is 10.6. The molecule has 0 radical (unpaired) electrons. The van der Waals surface area contributed by atoms with Crippen LogP contribution in [0.2, 0.25) is 0 Å². The Morgan fingerprint density at radius 3 is 2.62 bits per heavy atom. The van der Waals surface area contributed by atoms with Gasteiger partial charge >= 0.3 is 0 Å². The average molecular weight is 227 g/mol. The van der Waals surface area contributed by atoms with Crippen molar-refractivity contribution >= 4 is 5.91 Å². The van der Waals surface area contributed by atoms with Crippen LogP contribution in [0.5, 0.6) is 0 Å². The van der Waals surface area contributed by atoms with Crippen LogP contribution in [-0.4, -0.2) is 49.6 Å². The third kappa shape index (κ3) is 5.47. The highest BCUT2D eigenvalue weighted by atomic mass is 16.1. The Labute approximate surface area is 98.8 Å². The monoisotopic (exact) mass is 227 g/mol. The first kappa shape index (κ1) is 13.5. The smallest absolute Gasteiger partial charge is 0.233 e. The Hall–Kier alpha value is -0.610. The summed E-state index contributed by atoms with van der Waals surface area (Å²) >= 11 is 0. The van der Waals surface area contributed by atoms with E-state index in [1.807, 2.05) is 6.92 Å². The Morgan fingerprint density at radius 2 is 2.00 bits per heavy atom. The predicted molar refractivity (Wildman–Crippen MR) is 66.4 cm³/mol. The number of likely N-dealkylation sites (tertiary alicyclic amines) is 1. The molecule has 1 amide bonds. The van der Waals surface area contributed by atoms with Gasteiger partial charge in [0.1, 0.15) is 0 Å². The van der Waals surface area contributed by atoms with Gasteiger partial charge in [0, 0.05) is 19.1 Å². The molecular weight excluding hydrogens is 202 g/mol. The van der Waals surface area contributed by atoms with Gasteiger partial charge in [0.15, 0.2) is 0 Å². The summed E-state index contributed by atoms with van der Waals surface area (Å²) in [7, 11) is 0. The molecule has 0 aromatic carbocycles. The lowest BCUT2D eigenvalue weighted by molar-refractivity contribution is -0.120. The van der Waals surface area contributed by atoms with Gasteiger partial charge in [0.25, 0.3) is 0 Å². The van der Waals surface area contributed by atoms with E-state index in [0.717, 1.165) is 6.54 Å². The van der Waals surface area contributed by atoms with Gasteiger partial charge in [-0.2, -0.15) is 0 Å². The number of amides is 1. The first-order valence-corrected chi connectivity index (χ1v) is 6.44. The van der Waals surface area contributed by atoms with E-state index in [0.29, 0.717) is 19.1 Å². The molecule has 0 aromatic heterocycles. The Morgan fingerprint density at radius 1 is 1.31 bits per heavy atom. The molecule has 4 heteroatoms. The molecule has 94 valence electrons. The van der Waals surface area contributed by atoms with Crippen molar-refractivity contribution in [1.29, 1.82) is 0 Å². The van der Waals surface area contributed by atoms with Gasteiger partial charge in [-0.05, 0) is 39.8 Å². The fraction of sp³-hybridized carbons (Fsp3) is 0.917. The molecule has 1 aliphatic heterocycles. The van der Waals surface area contributed by atoms with Gasteiger partial charge in [-0.25, -0.2) is 0 Å². The number of piperidine rings is 1. The lowest BCUT2D eigenvalue weighted by Gasteiger charge is -2.29. The molecule has 2 N–H and O–H groups in total. The van der Waals surface area contributed by atoms with E-state index < -0.39 is 0 Å². The van der Waals surface area contributed by atoms with Gasteiger partial charge in [0.05, 0.1) is 6.54 Å². The number of carbonyl (C=O) groups is 1. The van der Waals surface area contributed by atoms with E-state index in [-0.39, 0.29) is 5.91 Å². The summed E-state index contributed by atoms with van der Waals surface area (Å²) in [5.74, 6) is 0.0907. The van der Waals surface area contributed by atoms with Crippen LogP contribution in [0.1, 0.15) is 33.1 Å². The van der Waals surface area contributed by atoms with Gasteiger partial charge in [-0.15, -0.1) is 0 Å². The van der Waals surface area contributed by atoms with Crippen LogP contribution in [-0.2, 0) is 4.79 Å². The van der Waals surface area contributed by atoms with Gasteiger partial charge in [-0.3, -0.25) is 4.79 Å². The quantitative estimate of drug-likeness (QED) is 0.698. The molecule has 4 nitrogen and oxygen atoms in total. The highest BCUT2D eigenvalue weighted by Gasteiger charge is 2.13. The second-order valence-electron chi connectivity index (χ2n) is 4.60. The van der Waals surface area contributed by atoms with E-state index in [9.17, 15) is 4.79 Å². The average Bonchev–Trinajstić information content (AvgIpc) is 2.28. The SMILES string of the molecule is CCNC(=O)CNC(C)CN1CCCCC1. The second-order valence-corrected chi connectivity index (χ2v) is 4.60. The highest BCUT2D eigenvalue weighted by Crippen LogP contribution is 2.08. The first-order valence-electron chi connectivity index (χ1n) is 6.44. The van der Waals surface area contributed by atoms with E-state index >= 15 is 0 Å². The van der Waals surface area contributed by atoms with Crippen LogP contribution in [0.15, 0.2) is 0 Å². The maximum absolute atomic E-state index is 11.3. The summed E-state index contributed by atoms with van der Waals surface area (Å²) in [6.07, 6.45) is 4.02. The van der Waals surface area contributed by atoms with Crippen molar-refractivity contribution in [3.05, 3.63) is 0 Å². The van der Waals surface area contributed by atoms with Gasteiger partial charge < -0.3 is 15.5 Å². The number of hydrogen-bond donors (Lipinski definition) is 2. The van der Waals surface area contributed by atoms with Gasteiger partial charge in [0.2, 0.25) is 5.91 Å². The molecule has 0 aromatic rings. The van der Waals surface area contributed by atoms with Crippen LogP contribution < -0.4 is 10.6 Å². The summed E-state index contributed by atoms with van der Waals surface area (Å²) in [6, 6.07) is 0.390.